The van der Waals surface area contributed by atoms with Crippen molar-refractivity contribution < 1.29 is 14.3 Å². The van der Waals surface area contributed by atoms with Crippen LogP contribution in [0.3, 0.4) is 0 Å². The summed E-state index contributed by atoms with van der Waals surface area (Å²) in [5.41, 5.74) is 0.0837. The van der Waals surface area contributed by atoms with Gasteiger partial charge in [0.25, 0.3) is 5.56 Å². The molecular weight excluding hydrogens is 396 g/mol. The molecule has 3 rings (SSSR count). The van der Waals surface area contributed by atoms with Gasteiger partial charge in [0.15, 0.2) is 6.61 Å². The van der Waals surface area contributed by atoms with Crippen LogP contribution in [0.1, 0.15) is 15.4 Å². The lowest BCUT2D eigenvalue weighted by molar-refractivity contribution is -0.141. The summed E-state index contributed by atoms with van der Waals surface area (Å²) < 4.78 is 5.71. The summed E-state index contributed by atoms with van der Waals surface area (Å²) in [6, 6.07) is 8.63. The van der Waals surface area contributed by atoms with Gasteiger partial charge in [-0.3, -0.25) is 14.4 Å². The summed E-state index contributed by atoms with van der Waals surface area (Å²) in [6.45, 7) is -0.334. The number of aromatic amines is 1. The number of hydrogen-bond donors (Lipinski definition) is 1. The van der Waals surface area contributed by atoms with Crippen molar-refractivity contribution in [3.05, 3.63) is 61.1 Å². The van der Waals surface area contributed by atoms with Crippen LogP contribution < -0.4 is 5.56 Å². The molecule has 1 aromatic carbocycles. The van der Waals surface area contributed by atoms with Gasteiger partial charge in [0.1, 0.15) is 0 Å². The minimum atomic E-state index is -0.583. The molecule has 0 amide bonds. The number of carbonyl (C=O) groups excluding carboxylic acids is 2. The standard InChI is InChI=1S/C16H11BrN2O4S/c17-11-5-6-24-15(11)13(20)8-23-14(21)7-12-9-3-1-2-4-10(9)16(22)19-18-12/h1-6H,7-8H2,(H,19,22). The van der Waals surface area contributed by atoms with Crippen molar-refractivity contribution >= 4 is 49.8 Å². The zero-order valence-corrected chi connectivity index (χ0v) is 14.6. The molecule has 8 heteroatoms. The van der Waals surface area contributed by atoms with Crippen molar-refractivity contribution in [2.75, 3.05) is 6.61 Å². The molecule has 24 heavy (non-hydrogen) atoms. The van der Waals surface area contributed by atoms with E-state index in [1.54, 1.807) is 35.7 Å². The van der Waals surface area contributed by atoms with Crippen LogP contribution in [-0.4, -0.2) is 28.6 Å². The van der Waals surface area contributed by atoms with Gasteiger partial charge in [-0.15, -0.1) is 11.3 Å². The molecule has 122 valence electrons. The molecule has 2 aromatic heterocycles. The highest BCUT2D eigenvalue weighted by atomic mass is 79.9. The van der Waals surface area contributed by atoms with Crippen molar-refractivity contribution in [1.82, 2.24) is 10.2 Å². The second-order valence-corrected chi connectivity index (χ2v) is 6.67. The van der Waals surface area contributed by atoms with Crippen molar-refractivity contribution in [1.29, 1.82) is 0 Å². The molecule has 3 aromatic rings. The third kappa shape index (κ3) is 3.44. The highest BCUT2D eigenvalue weighted by Gasteiger charge is 2.16. The third-order valence-electron chi connectivity index (χ3n) is 3.32. The Morgan fingerprint density at radius 3 is 2.67 bits per heavy atom. The molecular formula is C16H11BrN2O4S. The van der Waals surface area contributed by atoms with Crippen molar-refractivity contribution in [3.8, 4) is 0 Å². The number of nitrogens with one attached hydrogen (secondary N) is 1. The Bertz CT molecular complexity index is 979. The average Bonchev–Trinajstić information content (AvgIpc) is 3.02. The number of ketones is 1. The Hall–Kier alpha value is -2.32. The predicted octanol–water partition coefficient (Wildman–Crippen LogP) is 2.72. The van der Waals surface area contributed by atoms with Gasteiger partial charge in [-0.2, -0.15) is 5.10 Å². The number of halogens is 1. The molecule has 6 nitrogen and oxygen atoms in total. The number of ether oxygens (including phenoxy) is 1. The van der Waals surface area contributed by atoms with Crippen LogP contribution in [0.15, 0.2) is 45.0 Å². The van der Waals surface area contributed by atoms with Gasteiger partial charge in [-0.1, -0.05) is 18.2 Å². The quantitative estimate of drug-likeness (QED) is 0.519. The number of benzene rings is 1. The van der Waals surface area contributed by atoms with Crippen molar-refractivity contribution in [2.45, 2.75) is 6.42 Å². The average molecular weight is 407 g/mol. The monoisotopic (exact) mass is 406 g/mol. The Kier molecular flexibility index (Phi) is 4.86. The van der Waals surface area contributed by atoms with E-state index in [2.05, 4.69) is 26.1 Å². The van der Waals surface area contributed by atoms with E-state index >= 15 is 0 Å². The molecule has 0 aliphatic rings. The fraction of sp³-hybridized carbons (Fsp3) is 0.125. The molecule has 0 aliphatic carbocycles. The number of thiophene rings is 1. The maximum absolute atomic E-state index is 12.0. The van der Waals surface area contributed by atoms with Crippen LogP contribution in [0.5, 0.6) is 0 Å². The van der Waals surface area contributed by atoms with Gasteiger partial charge in [0, 0.05) is 9.86 Å². The number of carbonyl (C=O) groups is 2. The minimum absolute atomic E-state index is 0.129. The number of hydrogen-bond acceptors (Lipinski definition) is 6. The first-order valence-electron chi connectivity index (χ1n) is 6.94. The first kappa shape index (κ1) is 16.5. The molecule has 0 radical (unpaired) electrons. The predicted molar refractivity (Wildman–Crippen MR) is 93.4 cm³/mol. The summed E-state index contributed by atoms with van der Waals surface area (Å²) in [4.78, 5) is 36.2. The summed E-state index contributed by atoms with van der Waals surface area (Å²) in [5, 5.41) is 9.08. The molecule has 0 unspecified atom stereocenters. The number of Topliss-reactive ketones (excluding diaryl/α,β-unsaturated/α-hetero) is 1. The van der Waals surface area contributed by atoms with E-state index in [9.17, 15) is 14.4 Å². The molecule has 0 atom stereocenters. The molecule has 0 aliphatic heterocycles. The third-order valence-corrected chi connectivity index (χ3v) is 5.20. The van der Waals surface area contributed by atoms with Crippen LogP contribution in [0.25, 0.3) is 10.8 Å². The minimum Gasteiger partial charge on any atom is -0.457 e. The van der Waals surface area contributed by atoms with E-state index < -0.39 is 5.97 Å². The SMILES string of the molecule is O=C(Cc1n[nH]c(=O)c2ccccc12)OCC(=O)c1sccc1Br. The first-order chi connectivity index (χ1) is 11.6. The normalized spacial score (nSPS) is 10.7. The smallest absolute Gasteiger partial charge is 0.312 e. The number of aromatic nitrogens is 2. The van der Waals surface area contributed by atoms with Gasteiger partial charge in [-0.05, 0) is 33.4 Å². The lowest BCUT2D eigenvalue weighted by Gasteiger charge is -2.05. The van der Waals surface area contributed by atoms with Crippen LogP contribution in [0, 0.1) is 0 Å². The number of rotatable bonds is 5. The maximum Gasteiger partial charge on any atom is 0.312 e. The van der Waals surface area contributed by atoms with Crippen LogP contribution in [0.2, 0.25) is 0 Å². The van der Waals surface area contributed by atoms with E-state index in [1.165, 1.54) is 11.3 Å². The topological polar surface area (TPSA) is 89.1 Å². The second kappa shape index (κ2) is 7.06. The number of esters is 1. The molecule has 2 heterocycles. The van der Waals surface area contributed by atoms with Crippen molar-refractivity contribution in [3.63, 3.8) is 0 Å². The lowest BCUT2D eigenvalue weighted by Crippen LogP contribution is -2.18. The number of fused-ring (bicyclic) bond motifs is 1. The van der Waals surface area contributed by atoms with E-state index in [4.69, 9.17) is 4.74 Å². The van der Waals surface area contributed by atoms with Crippen molar-refractivity contribution in [2.24, 2.45) is 0 Å². The van der Waals surface area contributed by atoms with Gasteiger partial charge >= 0.3 is 5.97 Å². The highest BCUT2D eigenvalue weighted by molar-refractivity contribution is 9.10. The number of nitrogens with zero attached hydrogens (tertiary/aromatic N) is 1. The Balaban J connectivity index is 1.70. The summed E-state index contributed by atoms with van der Waals surface area (Å²) >= 11 is 4.54. The summed E-state index contributed by atoms with van der Waals surface area (Å²) in [5.74, 6) is -0.856. The molecule has 0 saturated heterocycles. The Labute approximate surface area is 148 Å². The van der Waals surface area contributed by atoms with Crippen LogP contribution in [0.4, 0.5) is 0 Å². The molecule has 0 fully saturated rings. The van der Waals surface area contributed by atoms with E-state index in [0.717, 1.165) is 0 Å². The van der Waals surface area contributed by atoms with Gasteiger partial charge in [-0.25, -0.2) is 5.10 Å². The summed E-state index contributed by atoms with van der Waals surface area (Å²) in [6.07, 6.45) is -0.129. The van der Waals surface area contributed by atoms with E-state index in [-0.39, 0.29) is 24.4 Å². The zero-order valence-electron chi connectivity index (χ0n) is 12.2. The van der Waals surface area contributed by atoms with Gasteiger partial charge < -0.3 is 4.74 Å². The molecule has 0 bridgehead atoms. The van der Waals surface area contributed by atoms with E-state index in [0.29, 0.717) is 25.8 Å². The first-order valence-corrected chi connectivity index (χ1v) is 8.61. The zero-order chi connectivity index (χ0) is 17.1. The van der Waals surface area contributed by atoms with Gasteiger partial charge in [0.2, 0.25) is 5.78 Å². The molecule has 0 saturated carbocycles. The molecule has 1 N–H and O–H groups in total. The molecule has 0 spiro atoms. The second-order valence-electron chi connectivity index (χ2n) is 4.90. The lowest BCUT2D eigenvalue weighted by atomic mass is 10.1. The Morgan fingerprint density at radius 1 is 1.21 bits per heavy atom. The number of H-pyrrole nitrogens is 1. The Morgan fingerprint density at radius 2 is 1.96 bits per heavy atom. The maximum atomic E-state index is 12.0. The van der Waals surface area contributed by atoms with Gasteiger partial charge in [0.05, 0.1) is 22.4 Å². The fourth-order valence-electron chi connectivity index (χ4n) is 2.20. The summed E-state index contributed by atoms with van der Waals surface area (Å²) in [7, 11) is 0. The van der Waals surface area contributed by atoms with E-state index in [1.807, 2.05) is 0 Å². The highest BCUT2D eigenvalue weighted by Crippen LogP contribution is 2.23. The van der Waals surface area contributed by atoms with Crippen LogP contribution in [-0.2, 0) is 16.0 Å². The van der Waals surface area contributed by atoms with Crippen LogP contribution >= 0.6 is 27.3 Å². The largest absolute Gasteiger partial charge is 0.457 e. The fourth-order valence-corrected chi connectivity index (χ4v) is 3.72.